The summed E-state index contributed by atoms with van der Waals surface area (Å²) < 4.78 is 15.6. The lowest BCUT2D eigenvalue weighted by Gasteiger charge is -2.35. The molecular formula is C33H45FN5O3+. The van der Waals surface area contributed by atoms with Crippen LogP contribution in [0.2, 0.25) is 0 Å². The van der Waals surface area contributed by atoms with E-state index in [0.717, 1.165) is 69.2 Å². The number of nitrogens with zero attached hydrogens (tertiary/aromatic N) is 2. The fourth-order valence-corrected chi connectivity index (χ4v) is 6.68. The second-order valence-electron chi connectivity index (χ2n) is 13.1. The molecule has 226 valence electrons. The van der Waals surface area contributed by atoms with Crippen LogP contribution in [0.5, 0.6) is 0 Å². The highest BCUT2D eigenvalue weighted by atomic mass is 19.1. The van der Waals surface area contributed by atoms with E-state index in [1.54, 1.807) is 0 Å². The zero-order valence-corrected chi connectivity index (χ0v) is 25.3. The Kier molecular flexibility index (Phi) is 8.99. The number of piperidine rings is 1. The van der Waals surface area contributed by atoms with Gasteiger partial charge < -0.3 is 19.9 Å². The van der Waals surface area contributed by atoms with Crippen molar-refractivity contribution in [1.82, 2.24) is 14.9 Å². The van der Waals surface area contributed by atoms with E-state index in [-0.39, 0.29) is 29.8 Å². The number of aromatic nitrogens is 2. The molecule has 1 saturated carbocycles. The van der Waals surface area contributed by atoms with Gasteiger partial charge in [-0.2, -0.15) is 0 Å². The van der Waals surface area contributed by atoms with Gasteiger partial charge in [-0.05, 0) is 95.7 Å². The Morgan fingerprint density at radius 1 is 1.05 bits per heavy atom. The predicted molar refractivity (Wildman–Crippen MR) is 162 cm³/mol. The van der Waals surface area contributed by atoms with E-state index in [1.807, 2.05) is 33.8 Å². The number of hydrogen-bond acceptors (Lipinski definition) is 4. The lowest BCUT2D eigenvalue weighted by atomic mass is 9.83. The molecule has 1 saturated heterocycles. The molecule has 9 heteroatoms. The lowest BCUT2D eigenvalue weighted by Crippen LogP contribution is -3.11. The van der Waals surface area contributed by atoms with Crippen LogP contribution < -0.4 is 15.5 Å². The summed E-state index contributed by atoms with van der Waals surface area (Å²) >= 11 is 0. The monoisotopic (exact) mass is 578 g/mol. The van der Waals surface area contributed by atoms with Crippen LogP contribution in [0.1, 0.15) is 88.2 Å². The maximum Gasteiger partial charge on any atom is 0.257 e. The third kappa shape index (κ3) is 7.01. The highest BCUT2D eigenvalue weighted by Gasteiger charge is 2.33. The van der Waals surface area contributed by atoms with Crippen molar-refractivity contribution in [3.05, 3.63) is 59.4 Å². The maximum absolute atomic E-state index is 13.5. The summed E-state index contributed by atoms with van der Waals surface area (Å²) in [5, 5.41) is 16.5. The van der Waals surface area contributed by atoms with E-state index < -0.39 is 11.4 Å². The fourth-order valence-electron chi connectivity index (χ4n) is 6.68. The van der Waals surface area contributed by atoms with Crippen LogP contribution in [-0.2, 0) is 11.3 Å². The minimum atomic E-state index is -0.639. The zero-order valence-electron chi connectivity index (χ0n) is 25.3. The number of halogens is 1. The highest BCUT2D eigenvalue weighted by Crippen LogP contribution is 2.37. The third-order valence-electron chi connectivity index (χ3n) is 9.10. The number of benzene rings is 2. The molecule has 2 fully saturated rings. The second-order valence-corrected chi connectivity index (χ2v) is 13.1. The van der Waals surface area contributed by atoms with Crippen molar-refractivity contribution in [2.75, 3.05) is 18.4 Å². The van der Waals surface area contributed by atoms with E-state index in [1.165, 1.54) is 34.7 Å². The van der Waals surface area contributed by atoms with Gasteiger partial charge in [-0.3, -0.25) is 14.9 Å². The standard InChI is InChI=1S/C33H44FN5O3/c1-21(2)35-30(40)24-8-12-27(13-9-24)39-29-19-22(20-38-17-15-25(16-18-38)33(3,4)42)5-14-28(29)36-32(39)37-31(41)23-6-10-26(34)11-7-23/h5-7,10-11,14,19,21,24-25,27,42H,8-9,12-13,15-18,20H2,1-4H3,(H,35,40)(H,36,37,41)/p+1. The number of imidazole rings is 1. The van der Waals surface area contributed by atoms with Crippen LogP contribution in [-0.4, -0.2) is 51.2 Å². The van der Waals surface area contributed by atoms with Crippen molar-refractivity contribution >= 4 is 28.8 Å². The Bertz CT molecular complexity index is 1400. The van der Waals surface area contributed by atoms with Gasteiger partial charge in [-0.1, -0.05) is 6.07 Å². The quantitative estimate of drug-likeness (QED) is 0.321. The minimum absolute atomic E-state index is 0.0123. The van der Waals surface area contributed by atoms with Crippen LogP contribution >= 0.6 is 0 Å². The first-order chi connectivity index (χ1) is 20.0. The van der Waals surface area contributed by atoms with Gasteiger partial charge in [0.15, 0.2) is 0 Å². The number of aliphatic hydroxyl groups is 1. The van der Waals surface area contributed by atoms with Crippen LogP contribution in [0.25, 0.3) is 11.0 Å². The van der Waals surface area contributed by atoms with Gasteiger partial charge in [0.2, 0.25) is 11.9 Å². The van der Waals surface area contributed by atoms with Gasteiger partial charge in [0.1, 0.15) is 12.4 Å². The van der Waals surface area contributed by atoms with Crippen molar-refractivity contribution in [2.45, 2.75) is 90.4 Å². The molecule has 8 nitrogen and oxygen atoms in total. The lowest BCUT2D eigenvalue weighted by molar-refractivity contribution is -0.920. The molecule has 2 amide bonds. The zero-order chi connectivity index (χ0) is 30.0. The first kappa shape index (κ1) is 30.2. The predicted octanol–water partition coefficient (Wildman–Crippen LogP) is 4.25. The topological polar surface area (TPSA) is 101 Å². The van der Waals surface area contributed by atoms with Crippen LogP contribution in [0.3, 0.4) is 0 Å². The van der Waals surface area contributed by atoms with Gasteiger partial charge in [0.25, 0.3) is 5.91 Å². The summed E-state index contributed by atoms with van der Waals surface area (Å²) in [5.41, 5.74) is 2.72. The molecule has 3 aromatic rings. The first-order valence-corrected chi connectivity index (χ1v) is 15.4. The van der Waals surface area contributed by atoms with Gasteiger partial charge in [-0.15, -0.1) is 0 Å². The van der Waals surface area contributed by atoms with Crippen molar-refractivity contribution < 1.29 is 24.0 Å². The molecule has 0 unspecified atom stereocenters. The molecule has 2 aliphatic rings. The second kappa shape index (κ2) is 12.5. The Balaban J connectivity index is 1.39. The molecule has 0 radical (unpaired) electrons. The number of carbonyl (C=O) groups excluding carboxylic acids is 2. The molecule has 5 rings (SSSR count). The molecule has 1 aromatic heterocycles. The molecule has 2 aromatic carbocycles. The normalized spacial score (nSPS) is 23.2. The van der Waals surface area contributed by atoms with Gasteiger partial charge in [0, 0.05) is 42.0 Å². The average Bonchev–Trinajstić information content (AvgIpc) is 3.30. The van der Waals surface area contributed by atoms with E-state index >= 15 is 0 Å². The number of quaternary nitrogens is 1. The smallest absolute Gasteiger partial charge is 0.257 e. The molecule has 0 atom stereocenters. The van der Waals surface area contributed by atoms with E-state index in [9.17, 15) is 19.1 Å². The van der Waals surface area contributed by atoms with E-state index in [2.05, 4.69) is 27.3 Å². The number of rotatable bonds is 8. The van der Waals surface area contributed by atoms with Crippen molar-refractivity contribution in [2.24, 2.45) is 11.8 Å². The third-order valence-corrected chi connectivity index (χ3v) is 9.10. The number of fused-ring (bicyclic) bond motifs is 1. The van der Waals surface area contributed by atoms with Crippen molar-refractivity contribution in [3.8, 4) is 0 Å². The number of anilines is 1. The van der Waals surface area contributed by atoms with Crippen molar-refractivity contribution in [3.63, 3.8) is 0 Å². The highest BCUT2D eigenvalue weighted by molar-refractivity contribution is 6.04. The largest absolute Gasteiger partial charge is 0.390 e. The maximum atomic E-state index is 13.5. The summed E-state index contributed by atoms with van der Waals surface area (Å²) in [4.78, 5) is 32.2. The molecule has 0 spiro atoms. The molecule has 42 heavy (non-hydrogen) atoms. The minimum Gasteiger partial charge on any atom is -0.390 e. The average molecular weight is 579 g/mol. The van der Waals surface area contributed by atoms with Crippen LogP contribution in [0.15, 0.2) is 42.5 Å². The molecule has 1 aliphatic heterocycles. The molecule has 0 bridgehead atoms. The summed E-state index contributed by atoms with van der Waals surface area (Å²) in [6.07, 6.45) is 5.17. The first-order valence-electron chi connectivity index (χ1n) is 15.4. The van der Waals surface area contributed by atoms with Crippen molar-refractivity contribution in [1.29, 1.82) is 0 Å². The van der Waals surface area contributed by atoms with Gasteiger partial charge in [-0.25, -0.2) is 9.37 Å². The SMILES string of the molecule is CC(C)NC(=O)C1CCC(n2c(NC(=O)c3ccc(F)cc3)nc3ccc(C[NH+]4CCC(C(C)(C)O)CC4)cc32)CC1. The molecule has 1 aliphatic carbocycles. The Morgan fingerprint density at radius 3 is 2.33 bits per heavy atom. The number of nitrogens with one attached hydrogen (secondary N) is 3. The summed E-state index contributed by atoms with van der Waals surface area (Å²) in [6.45, 7) is 10.7. The molecule has 4 N–H and O–H groups in total. The molecular weight excluding hydrogens is 533 g/mol. The Labute approximate surface area is 247 Å². The van der Waals surface area contributed by atoms with Crippen LogP contribution in [0.4, 0.5) is 10.3 Å². The Morgan fingerprint density at radius 2 is 1.71 bits per heavy atom. The van der Waals surface area contributed by atoms with Crippen LogP contribution in [0, 0.1) is 17.7 Å². The number of hydrogen-bond donors (Lipinski definition) is 4. The van der Waals surface area contributed by atoms with E-state index in [4.69, 9.17) is 4.98 Å². The van der Waals surface area contributed by atoms with E-state index in [0.29, 0.717) is 17.4 Å². The van der Waals surface area contributed by atoms with Gasteiger partial charge in [0.05, 0.1) is 29.7 Å². The Hall–Kier alpha value is -3.30. The number of likely N-dealkylation sites (tertiary alicyclic amines) is 1. The summed E-state index contributed by atoms with van der Waals surface area (Å²) in [5.74, 6) is 0.177. The summed E-state index contributed by atoms with van der Waals surface area (Å²) in [6, 6.07) is 12.0. The molecule has 2 heterocycles. The number of amides is 2. The number of carbonyl (C=O) groups is 2. The van der Waals surface area contributed by atoms with Gasteiger partial charge >= 0.3 is 0 Å². The fraction of sp³-hybridized carbons (Fsp3) is 0.545. The summed E-state index contributed by atoms with van der Waals surface area (Å²) in [7, 11) is 0.